The minimum Gasteiger partial charge on any atom is -0.302 e. The summed E-state index contributed by atoms with van der Waals surface area (Å²) in [5, 5.41) is 0. The van der Waals surface area contributed by atoms with Gasteiger partial charge in [-0.1, -0.05) is 12.8 Å². The predicted molar refractivity (Wildman–Crippen MR) is 73.1 cm³/mol. The molecule has 88 valence electrons. The molecule has 2 fully saturated rings. The lowest BCUT2D eigenvalue weighted by Crippen LogP contribution is -2.41. The SMILES string of the molecule is CN(CC1(CS)CCCC1)C1CCSC1. The topological polar surface area (TPSA) is 3.24 Å². The van der Waals surface area contributed by atoms with Gasteiger partial charge in [-0.05, 0) is 43.2 Å². The summed E-state index contributed by atoms with van der Waals surface area (Å²) in [6.07, 6.45) is 7.05. The first-order valence-electron chi connectivity index (χ1n) is 6.15. The summed E-state index contributed by atoms with van der Waals surface area (Å²) in [5.74, 6) is 3.79. The van der Waals surface area contributed by atoms with Crippen molar-refractivity contribution in [2.24, 2.45) is 5.41 Å². The molecule has 1 unspecified atom stereocenters. The fraction of sp³-hybridized carbons (Fsp3) is 1.00. The minimum atomic E-state index is 0.547. The van der Waals surface area contributed by atoms with E-state index < -0.39 is 0 Å². The van der Waals surface area contributed by atoms with Crippen LogP contribution < -0.4 is 0 Å². The minimum absolute atomic E-state index is 0.547. The van der Waals surface area contributed by atoms with Crippen LogP contribution in [0.5, 0.6) is 0 Å². The van der Waals surface area contributed by atoms with Crippen LogP contribution in [0.1, 0.15) is 32.1 Å². The monoisotopic (exact) mass is 245 g/mol. The highest BCUT2D eigenvalue weighted by Gasteiger charge is 2.35. The summed E-state index contributed by atoms with van der Waals surface area (Å²) in [7, 11) is 2.32. The quantitative estimate of drug-likeness (QED) is 0.759. The van der Waals surface area contributed by atoms with Gasteiger partial charge in [0.2, 0.25) is 0 Å². The zero-order valence-corrected chi connectivity index (χ0v) is 11.5. The van der Waals surface area contributed by atoms with E-state index in [2.05, 4.69) is 36.3 Å². The average molecular weight is 245 g/mol. The fourth-order valence-electron chi connectivity index (χ4n) is 3.02. The molecule has 0 amide bonds. The van der Waals surface area contributed by atoms with Crippen LogP contribution in [0.25, 0.3) is 0 Å². The van der Waals surface area contributed by atoms with E-state index in [1.54, 1.807) is 0 Å². The molecule has 0 spiro atoms. The van der Waals surface area contributed by atoms with Crippen molar-refractivity contribution < 1.29 is 0 Å². The molecule has 1 heterocycles. The van der Waals surface area contributed by atoms with Crippen LogP contribution >= 0.6 is 24.4 Å². The Kier molecular flexibility index (Phi) is 4.31. The van der Waals surface area contributed by atoms with Gasteiger partial charge >= 0.3 is 0 Å². The van der Waals surface area contributed by atoms with Crippen molar-refractivity contribution in [2.75, 3.05) is 30.9 Å². The maximum Gasteiger partial charge on any atom is 0.0191 e. The Morgan fingerprint density at radius 1 is 1.40 bits per heavy atom. The van der Waals surface area contributed by atoms with Gasteiger partial charge in [0.1, 0.15) is 0 Å². The largest absolute Gasteiger partial charge is 0.302 e. The molecule has 0 aromatic carbocycles. The van der Waals surface area contributed by atoms with Gasteiger partial charge < -0.3 is 4.90 Å². The fourth-order valence-corrected chi connectivity index (χ4v) is 4.73. The van der Waals surface area contributed by atoms with Crippen LogP contribution in [0.3, 0.4) is 0 Å². The van der Waals surface area contributed by atoms with Crippen molar-refractivity contribution in [3.63, 3.8) is 0 Å². The number of hydrogen-bond donors (Lipinski definition) is 1. The predicted octanol–water partition coefficient (Wildman–Crippen LogP) is 2.91. The van der Waals surface area contributed by atoms with Crippen LogP contribution in [0.15, 0.2) is 0 Å². The molecule has 0 aromatic heterocycles. The van der Waals surface area contributed by atoms with E-state index in [4.69, 9.17) is 0 Å². The number of thiol groups is 1. The smallest absolute Gasteiger partial charge is 0.0191 e. The second-order valence-electron chi connectivity index (χ2n) is 5.30. The van der Waals surface area contributed by atoms with E-state index >= 15 is 0 Å². The highest BCUT2D eigenvalue weighted by atomic mass is 32.2. The van der Waals surface area contributed by atoms with Crippen LogP contribution in [0.2, 0.25) is 0 Å². The molecule has 2 rings (SSSR count). The maximum absolute atomic E-state index is 4.59. The third-order valence-corrected chi connectivity index (χ3v) is 5.93. The number of hydrogen-bond acceptors (Lipinski definition) is 3. The first kappa shape index (κ1) is 12.1. The van der Waals surface area contributed by atoms with Crippen LogP contribution in [0.4, 0.5) is 0 Å². The third-order valence-electron chi connectivity index (χ3n) is 4.11. The zero-order chi connectivity index (χ0) is 10.7. The van der Waals surface area contributed by atoms with Gasteiger partial charge in [-0.25, -0.2) is 0 Å². The molecule has 1 saturated carbocycles. The van der Waals surface area contributed by atoms with Crippen molar-refractivity contribution in [3.8, 4) is 0 Å². The van der Waals surface area contributed by atoms with Crippen molar-refractivity contribution in [2.45, 2.75) is 38.1 Å². The molecule has 0 aromatic rings. The first-order valence-corrected chi connectivity index (χ1v) is 7.93. The van der Waals surface area contributed by atoms with Gasteiger partial charge in [0.15, 0.2) is 0 Å². The molecule has 1 saturated heterocycles. The third kappa shape index (κ3) is 2.86. The van der Waals surface area contributed by atoms with Gasteiger partial charge in [-0.3, -0.25) is 0 Å². The van der Waals surface area contributed by atoms with Gasteiger partial charge in [0.05, 0.1) is 0 Å². The summed E-state index contributed by atoms with van der Waals surface area (Å²) in [6.45, 7) is 1.28. The summed E-state index contributed by atoms with van der Waals surface area (Å²) in [5.41, 5.74) is 0.547. The molecule has 1 atom stereocenters. The molecule has 1 aliphatic carbocycles. The Bertz CT molecular complexity index is 196. The summed E-state index contributed by atoms with van der Waals surface area (Å²) in [4.78, 5) is 2.61. The molecular formula is C12H23NS2. The van der Waals surface area contributed by atoms with Gasteiger partial charge in [0.25, 0.3) is 0 Å². The van der Waals surface area contributed by atoms with Gasteiger partial charge in [0, 0.05) is 18.3 Å². The molecule has 1 aliphatic heterocycles. The van der Waals surface area contributed by atoms with Gasteiger partial charge in [-0.2, -0.15) is 24.4 Å². The summed E-state index contributed by atoms with van der Waals surface area (Å²) < 4.78 is 0. The van der Waals surface area contributed by atoms with Crippen molar-refractivity contribution in [1.82, 2.24) is 4.90 Å². The van der Waals surface area contributed by atoms with Crippen molar-refractivity contribution in [3.05, 3.63) is 0 Å². The molecule has 1 nitrogen and oxygen atoms in total. The normalized spacial score (nSPS) is 30.2. The van der Waals surface area contributed by atoms with E-state index in [-0.39, 0.29) is 0 Å². The van der Waals surface area contributed by atoms with Crippen molar-refractivity contribution in [1.29, 1.82) is 0 Å². The average Bonchev–Trinajstić information content (AvgIpc) is 2.88. The summed E-state index contributed by atoms with van der Waals surface area (Å²) in [6, 6.07) is 0.840. The maximum atomic E-state index is 4.59. The van der Waals surface area contributed by atoms with Crippen LogP contribution in [-0.4, -0.2) is 41.8 Å². The number of thioether (sulfide) groups is 1. The molecule has 3 heteroatoms. The van der Waals surface area contributed by atoms with Crippen molar-refractivity contribution >= 4 is 24.4 Å². The van der Waals surface area contributed by atoms with E-state index in [0.29, 0.717) is 5.41 Å². The number of nitrogens with zero attached hydrogens (tertiary/aromatic N) is 1. The Morgan fingerprint density at radius 3 is 2.67 bits per heavy atom. The zero-order valence-electron chi connectivity index (χ0n) is 9.74. The standard InChI is InChI=1S/C12H23NS2/c1-13(11-4-7-15-8-11)9-12(10-14)5-2-3-6-12/h11,14H,2-10H2,1H3. The van der Waals surface area contributed by atoms with Crippen LogP contribution in [0, 0.1) is 5.41 Å². The van der Waals surface area contributed by atoms with Crippen LogP contribution in [-0.2, 0) is 0 Å². The lowest BCUT2D eigenvalue weighted by atomic mass is 9.87. The van der Waals surface area contributed by atoms with Gasteiger partial charge in [-0.15, -0.1) is 0 Å². The second-order valence-corrected chi connectivity index (χ2v) is 6.76. The molecule has 0 N–H and O–H groups in total. The lowest BCUT2D eigenvalue weighted by molar-refractivity contribution is 0.165. The van der Waals surface area contributed by atoms with E-state index in [1.165, 1.54) is 50.2 Å². The molecule has 0 bridgehead atoms. The molecule has 0 radical (unpaired) electrons. The van der Waals surface area contributed by atoms with E-state index in [1.807, 2.05) is 0 Å². The highest BCUT2D eigenvalue weighted by molar-refractivity contribution is 7.99. The summed E-state index contributed by atoms with van der Waals surface area (Å²) >= 11 is 6.70. The molecule has 15 heavy (non-hydrogen) atoms. The first-order chi connectivity index (χ1) is 7.26. The Labute approximate surface area is 104 Å². The number of rotatable bonds is 4. The molecule has 2 aliphatic rings. The second kappa shape index (κ2) is 5.33. The van der Waals surface area contributed by atoms with E-state index in [0.717, 1.165) is 11.8 Å². The molecular weight excluding hydrogens is 222 g/mol. The van der Waals surface area contributed by atoms with E-state index in [9.17, 15) is 0 Å². The Balaban J connectivity index is 1.88. The Morgan fingerprint density at radius 2 is 2.13 bits per heavy atom. The Hall–Kier alpha value is 0.660. The highest BCUT2D eigenvalue weighted by Crippen LogP contribution is 2.40. The lowest BCUT2D eigenvalue weighted by Gasteiger charge is -2.35.